The van der Waals surface area contributed by atoms with E-state index in [4.69, 9.17) is 4.74 Å². The van der Waals surface area contributed by atoms with Gasteiger partial charge in [0.2, 0.25) is 0 Å². The maximum atomic E-state index is 9.35. The first-order chi connectivity index (χ1) is 9.35. The Balaban J connectivity index is 2.34. The first-order valence-electron chi connectivity index (χ1n) is 5.72. The van der Waals surface area contributed by atoms with Gasteiger partial charge >= 0.3 is 0 Å². The number of hydrogen-bond acceptors (Lipinski definition) is 4. The van der Waals surface area contributed by atoms with E-state index >= 15 is 0 Å². The Hall–Kier alpha value is -2.87. The third-order valence-corrected chi connectivity index (χ3v) is 2.87. The molecule has 0 saturated heterocycles. The van der Waals surface area contributed by atoms with Gasteiger partial charge in [0.15, 0.2) is 5.65 Å². The molecule has 0 aliphatic carbocycles. The molecule has 0 N–H and O–H groups in total. The number of nitriles is 1. The summed E-state index contributed by atoms with van der Waals surface area (Å²) in [6.45, 7) is 0. The minimum Gasteiger partial charge on any atom is -0.496 e. The molecule has 5 nitrogen and oxygen atoms in total. The van der Waals surface area contributed by atoms with Crippen molar-refractivity contribution >= 4 is 5.65 Å². The van der Waals surface area contributed by atoms with Crippen molar-refractivity contribution in [2.45, 2.75) is 0 Å². The molecule has 0 radical (unpaired) electrons. The predicted molar refractivity (Wildman–Crippen MR) is 69.7 cm³/mol. The summed E-state index contributed by atoms with van der Waals surface area (Å²) < 4.78 is 6.91. The van der Waals surface area contributed by atoms with Gasteiger partial charge in [0.25, 0.3) is 0 Å². The van der Waals surface area contributed by atoms with Crippen molar-refractivity contribution in [3.63, 3.8) is 0 Å². The second-order valence-corrected chi connectivity index (χ2v) is 3.92. The molecule has 0 aliphatic rings. The Morgan fingerprint density at radius 1 is 1.26 bits per heavy atom. The maximum absolute atomic E-state index is 9.35. The molecule has 19 heavy (non-hydrogen) atoms. The predicted octanol–water partition coefficient (Wildman–Crippen LogP) is 2.28. The highest BCUT2D eigenvalue weighted by molar-refractivity contribution is 5.78. The van der Waals surface area contributed by atoms with E-state index in [2.05, 4.69) is 16.2 Å². The van der Waals surface area contributed by atoms with Gasteiger partial charge in [-0.1, -0.05) is 12.1 Å². The fourth-order valence-corrected chi connectivity index (χ4v) is 2.02. The summed E-state index contributed by atoms with van der Waals surface area (Å²) >= 11 is 0. The van der Waals surface area contributed by atoms with Crippen molar-refractivity contribution in [2.24, 2.45) is 0 Å². The van der Waals surface area contributed by atoms with E-state index in [0.717, 1.165) is 5.56 Å². The van der Waals surface area contributed by atoms with Crippen LogP contribution in [0.2, 0.25) is 0 Å². The zero-order valence-corrected chi connectivity index (χ0v) is 10.2. The molecule has 2 aromatic heterocycles. The fraction of sp³-hybridized carbons (Fsp3) is 0.0714. The van der Waals surface area contributed by atoms with Crippen LogP contribution in [0.3, 0.4) is 0 Å². The van der Waals surface area contributed by atoms with Crippen molar-refractivity contribution < 1.29 is 4.74 Å². The van der Waals surface area contributed by atoms with Crippen molar-refractivity contribution in [3.8, 4) is 23.1 Å². The van der Waals surface area contributed by atoms with Crippen LogP contribution in [0.5, 0.6) is 5.75 Å². The molecule has 0 unspecified atom stereocenters. The second-order valence-electron chi connectivity index (χ2n) is 3.92. The minimum atomic E-state index is 0.449. The van der Waals surface area contributed by atoms with Gasteiger partial charge in [-0.2, -0.15) is 10.4 Å². The molecule has 0 fully saturated rings. The van der Waals surface area contributed by atoms with Crippen LogP contribution >= 0.6 is 0 Å². The molecule has 5 heteroatoms. The lowest BCUT2D eigenvalue weighted by Crippen LogP contribution is -1.90. The molecule has 3 rings (SSSR count). The van der Waals surface area contributed by atoms with Crippen LogP contribution in [0.25, 0.3) is 16.9 Å². The van der Waals surface area contributed by atoms with Gasteiger partial charge in [0.1, 0.15) is 23.1 Å². The third kappa shape index (κ3) is 1.70. The molecule has 0 amide bonds. The van der Waals surface area contributed by atoms with Crippen LogP contribution in [0.15, 0.2) is 42.7 Å². The van der Waals surface area contributed by atoms with Crippen LogP contribution in [-0.2, 0) is 0 Å². The lowest BCUT2D eigenvalue weighted by atomic mass is 10.1. The van der Waals surface area contributed by atoms with E-state index in [1.54, 1.807) is 30.1 Å². The van der Waals surface area contributed by atoms with Gasteiger partial charge in [-0.3, -0.25) is 0 Å². The largest absolute Gasteiger partial charge is 0.496 e. The van der Waals surface area contributed by atoms with E-state index in [9.17, 15) is 5.26 Å². The van der Waals surface area contributed by atoms with Crippen LogP contribution in [0, 0.1) is 11.3 Å². The highest BCUT2D eigenvalue weighted by Crippen LogP contribution is 2.31. The first kappa shape index (κ1) is 11.2. The Morgan fingerprint density at radius 3 is 2.89 bits per heavy atom. The van der Waals surface area contributed by atoms with E-state index in [0.29, 0.717) is 22.7 Å². The van der Waals surface area contributed by atoms with Gasteiger partial charge < -0.3 is 4.74 Å². The van der Waals surface area contributed by atoms with Crippen LogP contribution in [0.4, 0.5) is 0 Å². The first-order valence-corrected chi connectivity index (χ1v) is 5.72. The summed E-state index contributed by atoms with van der Waals surface area (Å²) in [6.07, 6.45) is 3.41. The van der Waals surface area contributed by atoms with Gasteiger partial charge in [-0.15, -0.1) is 0 Å². The molecule has 0 aliphatic heterocycles. The Bertz CT molecular complexity index is 785. The minimum absolute atomic E-state index is 0.449. The number of benzene rings is 1. The van der Waals surface area contributed by atoms with E-state index in [-0.39, 0.29) is 0 Å². The number of nitrogens with zero attached hydrogens (tertiary/aromatic N) is 4. The molecule has 1 aromatic carbocycles. The van der Waals surface area contributed by atoms with Crippen LogP contribution < -0.4 is 4.74 Å². The third-order valence-electron chi connectivity index (χ3n) is 2.87. The SMILES string of the molecule is COc1ccccc1-c1nn2cccnc2c1C#N. The molecule has 0 saturated carbocycles. The number of ether oxygens (including phenoxy) is 1. The van der Waals surface area contributed by atoms with Crippen LogP contribution in [0.1, 0.15) is 5.56 Å². The van der Waals surface area contributed by atoms with Crippen molar-refractivity contribution in [2.75, 3.05) is 7.11 Å². The van der Waals surface area contributed by atoms with E-state index in [1.165, 1.54) is 0 Å². The number of hydrogen-bond donors (Lipinski definition) is 0. The molecule has 3 aromatic rings. The quantitative estimate of drug-likeness (QED) is 0.700. The lowest BCUT2D eigenvalue weighted by Gasteiger charge is -2.05. The Morgan fingerprint density at radius 2 is 2.11 bits per heavy atom. The molecule has 0 bridgehead atoms. The van der Waals surface area contributed by atoms with Gasteiger partial charge in [-0.05, 0) is 18.2 Å². The van der Waals surface area contributed by atoms with E-state index in [1.807, 2.05) is 24.3 Å². The summed E-state index contributed by atoms with van der Waals surface area (Å²) in [5.74, 6) is 0.683. The number of aromatic nitrogens is 3. The summed E-state index contributed by atoms with van der Waals surface area (Å²) in [4.78, 5) is 4.19. The topological polar surface area (TPSA) is 63.2 Å². The monoisotopic (exact) mass is 250 g/mol. The second kappa shape index (κ2) is 4.42. The average Bonchev–Trinajstić information content (AvgIpc) is 2.85. The normalized spacial score (nSPS) is 10.3. The summed E-state index contributed by atoms with van der Waals surface area (Å²) in [5.41, 5.74) is 2.36. The van der Waals surface area contributed by atoms with E-state index < -0.39 is 0 Å². The number of methoxy groups -OCH3 is 1. The molecule has 2 heterocycles. The summed E-state index contributed by atoms with van der Waals surface area (Å²) in [5, 5.41) is 13.8. The Kier molecular flexibility index (Phi) is 2.62. The maximum Gasteiger partial charge on any atom is 0.173 e. The molecule has 0 atom stereocenters. The number of para-hydroxylation sites is 1. The zero-order chi connectivity index (χ0) is 13.2. The molecule has 0 spiro atoms. The molecular formula is C14H10N4O. The summed E-state index contributed by atoms with van der Waals surface area (Å²) in [6, 6.07) is 11.4. The fourth-order valence-electron chi connectivity index (χ4n) is 2.02. The van der Waals surface area contributed by atoms with Gasteiger partial charge in [0.05, 0.1) is 7.11 Å². The highest BCUT2D eigenvalue weighted by Gasteiger charge is 2.17. The summed E-state index contributed by atoms with van der Waals surface area (Å²) in [7, 11) is 1.60. The van der Waals surface area contributed by atoms with Crippen molar-refractivity contribution in [3.05, 3.63) is 48.3 Å². The van der Waals surface area contributed by atoms with Gasteiger partial charge in [-0.25, -0.2) is 9.50 Å². The van der Waals surface area contributed by atoms with Crippen molar-refractivity contribution in [1.82, 2.24) is 14.6 Å². The molecule has 92 valence electrons. The number of fused-ring (bicyclic) bond motifs is 1. The van der Waals surface area contributed by atoms with Gasteiger partial charge in [0, 0.05) is 18.0 Å². The molecular weight excluding hydrogens is 240 g/mol. The standard InChI is InChI=1S/C14H10N4O/c1-19-12-6-3-2-5-10(12)13-11(9-15)14-16-7-4-8-18(14)17-13/h2-8H,1H3. The van der Waals surface area contributed by atoms with Crippen LogP contribution in [-0.4, -0.2) is 21.7 Å². The lowest BCUT2D eigenvalue weighted by molar-refractivity contribution is 0.416. The number of rotatable bonds is 2. The highest BCUT2D eigenvalue weighted by atomic mass is 16.5. The van der Waals surface area contributed by atoms with Crippen molar-refractivity contribution in [1.29, 1.82) is 5.26 Å². The zero-order valence-electron chi connectivity index (χ0n) is 10.2. The Labute approximate surface area is 109 Å². The average molecular weight is 250 g/mol. The smallest absolute Gasteiger partial charge is 0.173 e.